The topological polar surface area (TPSA) is 38.9 Å². The minimum atomic E-state index is -0.428. The maximum atomic E-state index is 13.1. The number of nitrogens with two attached hydrogens (primary N) is 1. The second kappa shape index (κ2) is 6.13. The predicted octanol–water partition coefficient (Wildman–Crippen LogP) is 3.68. The lowest BCUT2D eigenvalue weighted by Gasteiger charge is -2.12. The van der Waals surface area contributed by atoms with Gasteiger partial charge in [-0.2, -0.15) is 0 Å². The smallest absolute Gasteiger partial charge is 0.141 e. The summed E-state index contributed by atoms with van der Waals surface area (Å²) in [4.78, 5) is 4.37. The third-order valence-corrected chi connectivity index (χ3v) is 3.38. The lowest BCUT2D eigenvalue weighted by atomic mass is 10.0. The van der Waals surface area contributed by atoms with Crippen molar-refractivity contribution < 1.29 is 4.39 Å². The summed E-state index contributed by atoms with van der Waals surface area (Å²) < 4.78 is 13.1. The third kappa shape index (κ3) is 3.52. The van der Waals surface area contributed by atoms with Crippen molar-refractivity contribution >= 4 is 11.6 Å². The van der Waals surface area contributed by atoms with E-state index in [1.807, 2.05) is 18.3 Å². The molecule has 0 aliphatic carbocycles. The first-order chi connectivity index (χ1) is 9.10. The molecule has 4 heteroatoms. The van der Waals surface area contributed by atoms with E-state index in [4.69, 9.17) is 17.3 Å². The molecule has 0 amide bonds. The number of hydrogen-bond donors (Lipinski definition) is 1. The number of rotatable bonds is 4. The van der Waals surface area contributed by atoms with Gasteiger partial charge >= 0.3 is 0 Å². The van der Waals surface area contributed by atoms with Crippen LogP contribution in [0.3, 0.4) is 0 Å². The van der Waals surface area contributed by atoms with E-state index in [2.05, 4.69) is 11.9 Å². The van der Waals surface area contributed by atoms with E-state index in [0.29, 0.717) is 6.42 Å². The normalized spacial score (nSPS) is 12.4. The zero-order valence-corrected chi connectivity index (χ0v) is 11.5. The number of benzene rings is 1. The molecule has 2 rings (SSSR count). The maximum Gasteiger partial charge on any atom is 0.141 e. The molecule has 0 radical (unpaired) electrons. The largest absolute Gasteiger partial charge is 0.324 e. The van der Waals surface area contributed by atoms with Gasteiger partial charge in [0, 0.05) is 24.4 Å². The molecule has 0 aliphatic rings. The first kappa shape index (κ1) is 14.0. The zero-order valence-electron chi connectivity index (χ0n) is 10.7. The summed E-state index contributed by atoms with van der Waals surface area (Å²) >= 11 is 5.75. The Morgan fingerprint density at radius 3 is 2.68 bits per heavy atom. The van der Waals surface area contributed by atoms with Crippen molar-refractivity contribution in [3.63, 3.8) is 0 Å². The van der Waals surface area contributed by atoms with Gasteiger partial charge in [0.15, 0.2) is 0 Å². The van der Waals surface area contributed by atoms with Crippen molar-refractivity contribution in [2.24, 2.45) is 5.73 Å². The molecule has 0 bridgehead atoms. The molecule has 1 unspecified atom stereocenters. The third-order valence-electron chi connectivity index (χ3n) is 3.10. The average Bonchev–Trinajstić information content (AvgIpc) is 2.42. The van der Waals surface area contributed by atoms with Crippen molar-refractivity contribution in [1.29, 1.82) is 0 Å². The molecule has 0 fully saturated rings. The molecular formula is C15H16ClFN2. The Bertz CT molecular complexity index is 555. The Labute approximate surface area is 117 Å². The van der Waals surface area contributed by atoms with Gasteiger partial charge in [-0.1, -0.05) is 30.7 Å². The molecule has 0 spiro atoms. The molecule has 100 valence electrons. The van der Waals surface area contributed by atoms with Gasteiger partial charge in [0.1, 0.15) is 5.82 Å². The highest BCUT2D eigenvalue weighted by Gasteiger charge is 2.10. The number of pyridine rings is 1. The average molecular weight is 279 g/mol. The van der Waals surface area contributed by atoms with E-state index in [-0.39, 0.29) is 11.1 Å². The molecule has 2 nitrogen and oxygen atoms in total. The van der Waals surface area contributed by atoms with E-state index in [9.17, 15) is 4.39 Å². The summed E-state index contributed by atoms with van der Waals surface area (Å²) in [6, 6.07) is 8.36. The van der Waals surface area contributed by atoms with Gasteiger partial charge in [0.25, 0.3) is 0 Å². The molecule has 0 aliphatic heterocycles. The molecule has 0 saturated heterocycles. The Morgan fingerprint density at radius 1 is 1.32 bits per heavy atom. The minimum absolute atomic E-state index is 0.0993. The highest BCUT2D eigenvalue weighted by atomic mass is 35.5. The van der Waals surface area contributed by atoms with Crippen LogP contribution in [0.4, 0.5) is 4.39 Å². The van der Waals surface area contributed by atoms with Gasteiger partial charge in [0.2, 0.25) is 0 Å². The SMILES string of the molecule is CCc1ccc(CC(N)c2ccc(F)c(Cl)c2)nc1. The van der Waals surface area contributed by atoms with Crippen LogP contribution in [0.2, 0.25) is 5.02 Å². The molecular weight excluding hydrogens is 263 g/mol. The fourth-order valence-corrected chi connectivity index (χ4v) is 2.06. The van der Waals surface area contributed by atoms with Crippen LogP contribution >= 0.6 is 11.6 Å². The number of aryl methyl sites for hydroxylation is 1. The van der Waals surface area contributed by atoms with Crippen LogP contribution in [0.25, 0.3) is 0 Å². The van der Waals surface area contributed by atoms with Crippen molar-refractivity contribution in [2.45, 2.75) is 25.8 Å². The summed E-state index contributed by atoms with van der Waals surface area (Å²) in [5, 5.41) is 0.0993. The van der Waals surface area contributed by atoms with Gasteiger partial charge in [-0.3, -0.25) is 4.98 Å². The van der Waals surface area contributed by atoms with Crippen LogP contribution in [0.15, 0.2) is 36.5 Å². The van der Waals surface area contributed by atoms with Crippen LogP contribution in [-0.2, 0) is 12.8 Å². The van der Waals surface area contributed by atoms with Gasteiger partial charge in [-0.05, 0) is 35.7 Å². The maximum absolute atomic E-state index is 13.1. The Balaban J connectivity index is 2.10. The first-order valence-corrected chi connectivity index (χ1v) is 6.62. The van der Waals surface area contributed by atoms with Crippen LogP contribution in [0.5, 0.6) is 0 Å². The van der Waals surface area contributed by atoms with E-state index < -0.39 is 5.82 Å². The number of aromatic nitrogens is 1. The monoisotopic (exact) mass is 278 g/mol. The standard InChI is InChI=1S/C15H16ClFN2/c1-2-10-3-5-12(19-9-10)8-15(18)11-4-6-14(17)13(16)7-11/h3-7,9,15H,2,8,18H2,1H3. The molecule has 2 N–H and O–H groups in total. The van der Waals surface area contributed by atoms with Crippen LogP contribution < -0.4 is 5.73 Å². The van der Waals surface area contributed by atoms with E-state index in [1.165, 1.54) is 11.6 Å². The summed E-state index contributed by atoms with van der Waals surface area (Å²) in [7, 11) is 0. The second-order valence-electron chi connectivity index (χ2n) is 4.50. The van der Waals surface area contributed by atoms with Crippen molar-refractivity contribution in [2.75, 3.05) is 0 Å². The molecule has 1 heterocycles. The Hall–Kier alpha value is -1.45. The highest BCUT2D eigenvalue weighted by molar-refractivity contribution is 6.30. The van der Waals surface area contributed by atoms with Gasteiger partial charge in [-0.25, -0.2) is 4.39 Å². The molecule has 0 saturated carbocycles. The Kier molecular flexibility index (Phi) is 4.51. The number of hydrogen-bond acceptors (Lipinski definition) is 2. The van der Waals surface area contributed by atoms with Crippen molar-refractivity contribution in [3.05, 3.63) is 64.2 Å². The van der Waals surface area contributed by atoms with E-state index >= 15 is 0 Å². The minimum Gasteiger partial charge on any atom is -0.324 e. The van der Waals surface area contributed by atoms with Crippen LogP contribution in [-0.4, -0.2) is 4.98 Å². The molecule has 1 aromatic heterocycles. The zero-order chi connectivity index (χ0) is 13.8. The Morgan fingerprint density at radius 2 is 2.11 bits per heavy atom. The first-order valence-electron chi connectivity index (χ1n) is 6.24. The molecule has 1 aromatic carbocycles. The molecule has 2 aromatic rings. The predicted molar refractivity (Wildman–Crippen MR) is 75.7 cm³/mol. The van der Waals surface area contributed by atoms with E-state index in [0.717, 1.165) is 17.7 Å². The lowest BCUT2D eigenvalue weighted by molar-refractivity contribution is 0.624. The summed E-state index contributed by atoms with van der Waals surface area (Å²) in [6.07, 6.45) is 3.43. The van der Waals surface area contributed by atoms with Gasteiger partial charge in [-0.15, -0.1) is 0 Å². The number of nitrogens with zero attached hydrogens (tertiary/aromatic N) is 1. The van der Waals surface area contributed by atoms with Crippen molar-refractivity contribution in [3.8, 4) is 0 Å². The molecule has 1 atom stereocenters. The fraction of sp³-hybridized carbons (Fsp3) is 0.267. The summed E-state index contributed by atoms with van der Waals surface area (Å²) in [5.74, 6) is -0.428. The van der Waals surface area contributed by atoms with Crippen molar-refractivity contribution in [1.82, 2.24) is 4.98 Å². The van der Waals surface area contributed by atoms with E-state index in [1.54, 1.807) is 12.1 Å². The van der Waals surface area contributed by atoms with Gasteiger partial charge in [0.05, 0.1) is 5.02 Å². The highest BCUT2D eigenvalue weighted by Crippen LogP contribution is 2.21. The number of halogens is 2. The second-order valence-corrected chi connectivity index (χ2v) is 4.90. The molecule has 19 heavy (non-hydrogen) atoms. The summed E-state index contributed by atoms with van der Waals surface area (Å²) in [6.45, 7) is 2.09. The lowest BCUT2D eigenvalue weighted by Crippen LogP contribution is -2.14. The van der Waals surface area contributed by atoms with Gasteiger partial charge < -0.3 is 5.73 Å². The van der Waals surface area contributed by atoms with Crippen LogP contribution in [0.1, 0.15) is 29.8 Å². The summed E-state index contributed by atoms with van der Waals surface area (Å²) in [5.41, 5.74) is 9.03. The van der Waals surface area contributed by atoms with Crippen LogP contribution in [0, 0.1) is 5.82 Å². The fourth-order valence-electron chi connectivity index (χ4n) is 1.87. The quantitative estimate of drug-likeness (QED) is 0.927.